The number of ether oxygens (including phenoxy) is 1. The van der Waals surface area contributed by atoms with E-state index in [4.69, 9.17) is 4.74 Å². The lowest BCUT2D eigenvalue weighted by molar-refractivity contribution is 0.162. The summed E-state index contributed by atoms with van der Waals surface area (Å²) >= 11 is 0. The Morgan fingerprint density at radius 2 is 2.00 bits per heavy atom. The Bertz CT molecular complexity index is 252. The van der Waals surface area contributed by atoms with Crippen molar-refractivity contribution in [3.05, 3.63) is 0 Å². The molecule has 5 heteroatoms. The Labute approximate surface area is 117 Å². The van der Waals surface area contributed by atoms with Crippen LogP contribution in [0.15, 0.2) is 4.99 Å². The third-order valence-electron chi connectivity index (χ3n) is 3.63. The molecule has 0 aliphatic heterocycles. The van der Waals surface area contributed by atoms with E-state index < -0.39 is 0 Å². The fraction of sp³-hybridized carbons (Fsp3) is 0.929. The van der Waals surface area contributed by atoms with Crippen LogP contribution in [0.2, 0.25) is 0 Å². The van der Waals surface area contributed by atoms with Gasteiger partial charge in [0.1, 0.15) is 0 Å². The molecule has 0 amide bonds. The van der Waals surface area contributed by atoms with E-state index >= 15 is 0 Å². The Balaban J connectivity index is 2.14. The normalized spacial score (nSPS) is 17.8. The summed E-state index contributed by atoms with van der Waals surface area (Å²) in [5.41, 5.74) is 0. The Kier molecular flexibility index (Phi) is 8.58. The van der Waals surface area contributed by atoms with E-state index in [2.05, 4.69) is 27.6 Å². The summed E-state index contributed by atoms with van der Waals surface area (Å²) in [6.45, 7) is 3.65. The molecule has 0 radical (unpaired) electrons. The van der Waals surface area contributed by atoms with Gasteiger partial charge in [0.25, 0.3) is 0 Å². The summed E-state index contributed by atoms with van der Waals surface area (Å²) in [6.07, 6.45) is 6.61. The smallest absolute Gasteiger partial charge is 0.191 e. The minimum Gasteiger partial charge on any atom is -0.383 e. The van der Waals surface area contributed by atoms with Crippen molar-refractivity contribution < 1.29 is 4.74 Å². The van der Waals surface area contributed by atoms with Crippen molar-refractivity contribution in [1.29, 1.82) is 0 Å². The van der Waals surface area contributed by atoms with Crippen molar-refractivity contribution in [2.75, 3.05) is 47.4 Å². The number of nitrogens with zero attached hydrogens (tertiary/aromatic N) is 2. The molecule has 1 saturated carbocycles. The zero-order chi connectivity index (χ0) is 13.9. The first-order chi connectivity index (χ1) is 9.26. The molecule has 0 atom stereocenters. The molecule has 5 nitrogen and oxygen atoms in total. The first-order valence-corrected chi connectivity index (χ1v) is 7.41. The number of nitrogens with one attached hydrogen (secondary N) is 2. The zero-order valence-corrected chi connectivity index (χ0v) is 12.7. The monoisotopic (exact) mass is 270 g/mol. The lowest BCUT2D eigenvalue weighted by Crippen LogP contribution is -2.46. The summed E-state index contributed by atoms with van der Waals surface area (Å²) in [4.78, 5) is 6.55. The molecule has 1 rings (SSSR count). The molecule has 0 bridgehead atoms. The van der Waals surface area contributed by atoms with Crippen molar-refractivity contribution >= 4 is 5.96 Å². The van der Waals surface area contributed by atoms with Crippen molar-refractivity contribution in [2.24, 2.45) is 4.99 Å². The van der Waals surface area contributed by atoms with E-state index in [1.54, 1.807) is 7.11 Å². The number of hydrogen-bond donors (Lipinski definition) is 2. The molecule has 2 N–H and O–H groups in total. The van der Waals surface area contributed by atoms with Crippen LogP contribution in [0.25, 0.3) is 0 Å². The molecular formula is C14H30N4O. The Morgan fingerprint density at radius 1 is 1.26 bits per heavy atom. The number of rotatable bonds is 7. The van der Waals surface area contributed by atoms with E-state index in [9.17, 15) is 0 Å². The van der Waals surface area contributed by atoms with Crippen LogP contribution >= 0.6 is 0 Å². The van der Waals surface area contributed by atoms with E-state index in [1.165, 1.54) is 32.1 Å². The lowest BCUT2D eigenvalue weighted by Gasteiger charge is -2.25. The first kappa shape index (κ1) is 16.2. The van der Waals surface area contributed by atoms with E-state index in [0.717, 1.165) is 32.2 Å². The van der Waals surface area contributed by atoms with Gasteiger partial charge in [-0.25, -0.2) is 0 Å². The summed E-state index contributed by atoms with van der Waals surface area (Å²) < 4.78 is 5.06. The lowest BCUT2D eigenvalue weighted by atomic mass is 9.96. The molecule has 0 aromatic carbocycles. The van der Waals surface area contributed by atoms with Crippen LogP contribution in [-0.4, -0.2) is 64.3 Å². The maximum Gasteiger partial charge on any atom is 0.191 e. The van der Waals surface area contributed by atoms with Crippen molar-refractivity contribution in [3.8, 4) is 0 Å². The molecule has 0 aromatic heterocycles. The molecule has 0 unspecified atom stereocenters. The number of likely N-dealkylation sites (N-methyl/N-ethyl adjacent to an activating group) is 1. The molecule has 0 saturated heterocycles. The first-order valence-electron chi connectivity index (χ1n) is 7.41. The van der Waals surface area contributed by atoms with E-state index in [-0.39, 0.29) is 0 Å². The molecule has 19 heavy (non-hydrogen) atoms. The van der Waals surface area contributed by atoms with Gasteiger partial charge in [0, 0.05) is 39.8 Å². The minimum absolute atomic E-state index is 0.603. The van der Waals surface area contributed by atoms with Gasteiger partial charge in [-0.1, -0.05) is 19.3 Å². The molecule has 0 aromatic rings. The Morgan fingerprint density at radius 3 is 2.63 bits per heavy atom. The predicted molar refractivity (Wildman–Crippen MR) is 80.7 cm³/mol. The molecular weight excluding hydrogens is 240 g/mol. The average Bonchev–Trinajstić information content (AvgIpc) is 2.45. The van der Waals surface area contributed by atoms with Gasteiger partial charge in [0.15, 0.2) is 5.96 Å². The van der Waals surface area contributed by atoms with Crippen molar-refractivity contribution in [1.82, 2.24) is 15.5 Å². The molecule has 1 aliphatic rings. The largest absolute Gasteiger partial charge is 0.383 e. The predicted octanol–water partition coefficient (Wildman–Crippen LogP) is 1.06. The highest BCUT2D eigenvalue weighted by atomic mass is 16.5. The van der Waals surface area contributed by atoms with Gasteiger partial charge >= 0.3 is 0 Å². The highest BCUT2D eigenvalue weighted by molar-refractivity contribution is 5.79. The second-order valence-electron chi connectivity index (χ2n) is 5.27. The fourth-order valence-electron chi connectivity index (χ4n) is 2.36. The van der Waals surface area contributed by atoms with Crippen LogP contribution in [0, 0.1) is 0 Å². The van der Waals surface area contributed by atoms with Crippen LogP contribution < -0.4 is 10.6 Å². The summed E-state index contributed by atoms with van der Waals surface area (Å²) in [5, 5.41) is 6.90. The number of methoxy groups -OCH3 is 1. The van der Waals surface area contributed by atoms with Gasteiger partial charge in [-0.15, -0.1) is 0 Å². The van der Waals surface area contributed by atoms with Gasteiger partial charge in [-0.3, -0.25) is 4.99 Å². The SMILES string of the molecule is CN=C(NCCN(C)CCOC)NC1CCCCC1. The van der Waals surface area contributed by atoms with Gasteiger partial charge in [0.2, 0.25) is 0 Å². The summed E-state index contributed by atoms with van der Waals surface area (Å²) in [7, 11) is 5.69. The molecule has 1 fully saturated rings. The van der Waals surface area contributed by atoms with Crippen LogP contribution in [0.5, 0.6) is 0 Å². The number of guanidine groups is 1. The van der Waals surface area contributed by atoms with Crippen LogP contribution in [-0.2, 0) is 4.74 Å². The quantitative estimate of drug-likeness (QED) is 0.536. The number of aliphatic imine (C=N–C) groups is 1. The van der Waals surface area contributed by atoms with Crippen LogP contribution in [0.3, 0.4) is 0 Å². The van der Waals surface area contributed by atoms with Gasteiger partial charge in [0.05, 0.1) is 6.61 Å². The zero-order valence-electron chi connectivity index (χ0n) is 12.7. The molecule has 1 aliphatic carbocycles. The minimum atomic E-state index is 0.603. The highest BCUT2D eigenvalue weighted by Crippen LogP contribution is 2.17. The third kappa shape index (κ3) is 7.38. The third-order valence-corrected chi connectivity index (χ3v) is 3.63. The van der Waals surface area contributed by atoms with Crippen molar-refractivity contribution in [3.63, 3.8) is 0 Å². The second-order valence-corrected chi connectivity index (χ2v) is 5.27. The standard InChI is InChI=1S/C14H30N4O/c1-15-14(17-13-7-5-4-6-8-13)16-9-10-18(2)11-12-19-3/h13H,4-12H2,1-3H3,(H2,15,16,17). The molecule has 0 heterocycles. The second kappa shape index (κ2) is 10.0. The maximum atomic E-state index is 5.06. The highest BCUT2D eigenvalue weighted by Gasteiger charge is 2.14. The topological polar surface area (TPSA) is 48.9 Å². The molecule has 112 valence electrons. The maximum absolute atomic E-state index is 5.06. The van der Waals surface area contributed by atoms with Crippen LogP contribution in [0.1, 0.15) is 32.1 Å². The van der Waals surface area contributed by atoms with Crippen molar-refractivity contribution in [2.45, 2.75) is 38.1 Å². The number of hydrogen-bond acceptors (Lipinski definition) is 3. The fourth-order valence-corrected chi connectivity index (χ4v) is 2.36. The van der Waals surface area contributed by atoms with Gasteiger partial charge in [-0.05, 0) is 19.9 Å². The van der Waals surface area contributed by atoms with E-state index in [1.807, 2.05) is 7.05 Å². The molecule has 0 spiro atoms. The Hall–Kier alpha value is -0.810. The van der Waals surface area contributed by atoms with Crippen LogP contribution in [0.4, 0.5) is 0 Å². The summed E-state index contributed by atoms with van der Waals surface area (Å²) in [6, 6.07) is 0.603. The average molecular weight is 270 g/mol. The summed E-state index contributed by atoms with van der Waals surface area (Å²) in [5.74, 6) is 0.937. The van der Waals surface area contributed by atoms with Gasteiger partial charge in [-0.2, -0.15) is 0 Å². The van der Waals surface area contributed by atoms with Gasteiger partial charge < -0.3 is 20.3 Å². The van der Waals surface area contributed by atoms with E-state index in [0.29, 0.717) is 6.04 Å².